The van der Waals surface area contributed by atoms with Gasteiger partial charge in [-0.25, -0.2) is 15.0 Å². The van der Waals surface area contributed by atoms with Crippen molar-refractivity contribution in [3.05, 3.63) is 188 Å². The lowest BCUT2D eigenvalue weighted by Crippen LogP contribution is -1.95. The first kappa shape index (κ1) is 31.5. The zero-order valence-electron chi connectivity index (χ0n) is 29.6. The number of rotatable bonds is 5. The van der Waals surface area contributed by atoms with Gasteiger partial charge in [-0.05, 0) is 52.6 Å². The highest BCUT2D eigenvalue weighted by Crippen LogP contribution is 2.43. The molecule has 0 unspecified atom stereocenters. The van der Waals surface area contributed by atoms with E-state index < -0.39 is 0 Å². The molecule has 11 rings (SSSR count). The molecule has 0 saturated carbocycles. The number of pyridine rings is 1. The van der Waals surface area contributed by atoms with E-state index in [2.05, 4.69) is 176 Å². The van der Waals surface area contributed by atoms with Crippen LogP contribution in [-0.4, -0.2) is 15.0 Å². The Bertz CT molecular complexity index is 3260. The Labute approximate surface area is 321 Å². The van der Waals surface area contributed by atoms with E-state index in [0.29, 0.717) is 5.82 Å². The first-order chi connectivity index (χ1) is 27.2. The molecule has 0 saturated heterocycles. The van der Waals surface area contributed by atoms with Gasteiger partial charge in [0.15, 0.2) is 5.82 Å². The van der Waals surface area contributed by atoms with Crippen LogP contribution in [0.2, 0.25) is 0 Å². The van der Waals surface area contributed by atoms with Gasteiger partial charge in [0.1, 0.15) is 0 Å². The van der Waals surface area contributed by atoms with Gasteiger partial charge in [-0.2, -0.15) is 0 Å². The summed E-state index contributed by atoms with van der Waals surface area (Å²) in [6.07, 6.45) is 0. The van der Waals surface area contributed by atoms with Gasteiger partial charge in [0.2, 0.25) is 0 Å². The third-order valence-corrected chi connectivity index (χ3v) is 11.9. The molecule has 0 amide bonds. The first-order valence-electron chi connectivity index (χ1n) is 18.5. The SMILES string of the molecule is c1ccc(-c2cccc(-c3nc(-c4ccc(-c5cccc(-c6nc7ccccc7c7c6ccc6c8ccccc8sc67)c5)cc4)nc4ccccc34)c2)cc1. The Balaban J connectivity index is 0.993. The van der Waals surface area contributed by atoms with Crippen LogP contribution in [0.25, 0.3) is 109 Å². The molecule has 55 heavy (non-hydrogen) atoms. The fourth-order valence-corrected chi connectivity index (χ4v) is 9.26. The van der Waals surface area contributed by atoms with Crippen LogP contribution in [-0.2, 0) is 0 Å². The number of thiophene rings is 1. The van der Waals surface area contributed by atoms with Crippen LogP contribution in [0, 0.1) is 0 Å². The molecule has 0 radical (unpaired) electrons. The summed E-state index contributed by atoms with van der Waals surface area (Å²) in [7, 11) is 0. The zero-order chi connectivity index (χ0) is 36.3. The van der Waals surface area contributed by atoms with E-state index in [-0.39, 0.29) is 0 Å². The smallest absolute Gasteiger partial charge is 0.160 e. The standard InChI is InChI=1S/C51H31N3S/c1-2-12-32(13-3-1)35-14-10-16-37(30-35)48-42-20-5-8-22-45(42)53-51(54-48)34-26-24-33(25-27-34)36-15-11-17-38(31-36)49-43-29-28-40-39-18-6-9-23-46(39)55-50(40)47(43)41-19-4-7-21-44(41)52-49/h1-31H. The quantitative estimate of drug-likeness (QED) is 0.166. The van der Waals surface area contributed by atoms with E-state index in [1.54, 1.807) is 0 Å². The molecule has 3 nitrogen and oxygen atoms in total. The lowest BCUT2D eigenvalue weighted by atomic mass is 9.95. The number of para-hydroxylation sites is 2. The van der Waals surface area contributed by atoms with E-state index in [1.165, 1.54) is 41.9 Å². The van der Waals surface area contributed by atoms with Crippen molar-refractivity contribution in [1.82, 2.24) is 15.0 Å². The number of aromatic nitrogens is 3. The zero-order valence-corrected chi connectivity index (χ0v) is 30.5. The highest BCUT2D eigenvalue weighted by molar-refractivity contribution is 7.26. The lowest BCUT2D eigenvalue weighted by molar-refractivity contribution is 1.23. The Morgan fingerprint density at radius 2 is 0.836 bits per heavy atom. The van der Waals surface area contributed by atoms with Crippen LogP contribution >= 0.6 is 11.3 Å². The van der Waals surface area contributed by atoms with Crippen molar-refractivity contribution in [2.24, 2.45) is 0 Å². The summed E-state index contributed by atoms with van der Waals surface area (Å²) in [5.74, 6) is 0.707. The molecule has 8 aromatic carbocycles. The minimum atomic E-state index is 0.707. The molecule has 11 aromatic rings. The first-order valence-corrected chi connectivity index (χ1v) is 19.3. The summed E-state index contributed by atoms with van der Waals surface area (Å²) < 4.78 is 2.62. The molecule has 0 spiro atoms. The summed E-state index contributed by atoms with van der Waals surface area (Å²) in [5, 5.41) is 7.27. The summed E-state index contributed by atoms with van der Waals surface area (Å²) in [4.78, 5) is 15.5. The topological polar surface area (TPSA) is 38.7 Å². The molecule has 0 fully saturated rings. The predicted molar refractivity (Wildman–Crippen MR) is 232 cm³/mol. The highest BCUT2D eigenvalue weighted by atomic mass is 32.1. The lowest BCUT2D eigenvalue weighted by Gasteiger charge is -2.13. The van der Waals surface area contributed by atoms with E-state index in [1.807, 2.05) is 23.5 Å². The second kappa shape index (κ2) is 12.8. The Kier molecular flexibility index (Phi) is 7.35. The van der Waals surface area contributed by atoms with Crippen LogP contribution in [0.1, 0.15) is 0 Å². The predicted octanol–water partition coefficient (Wildman–Crippen LogP) is 14.0. The van der Waals surface area contributed by atoms with E-state index in [4.69, 9.17) is 15.0 Å². The Morgan fingerprint density at radius 3 is 1.58 bits per heavy atom. The van der Waals surface area contributed by atoms with Crippen LogP contribution in [0.15, 0.2) is 188 Å². The van der Waals surface area contributed by atoms with E-state index in [0.717, 1.165) is 61.2 Å². The normalized spacial score (nSPS) is 11.6. The third kappa shape index (κ3) is 5.38. The number of hydrogen-bond acceptors (Lipinski definition) is 4. The monoisotopic (exact) mass is 717 g/mol. The van der Waals surface area contributed by atoms with Gasteiger partial charge >= 0.3 is 0 Å². The largest absolute Gasteiger partial charge is 0.247 e. The average Bonchev–Trinajstić information content (AvgIpc) is 3.65. The minimum absolute atomic E-state index is 0.707. The third-order valence-electron chi connectivity index (χ3n) is 10.7. The molecule has 0 atom stereocenters. The van der Waals surface area contributed by atoms with Gasteiger partial charge < -0.3 is 0 Å². The average molecular weight is 718 g/mol. The van der Waals surface area contributed by atoms with Crippen molar-refractivity contribution in [3.63, 3.8) is 0 Å². The second-order valence-electron chi connectivity index (χ2n) is 14.0. The highest BCUT2D eigenvalue weighted by Gasteiger charge is 2.17. The fourth-order valence-electron chi connectivity index (χ4n) is 8.00. The second-order valence-corrected chi connectivity index (χ2v) is 15.0. The summed E-state index contributed by atoms with van der Waals surface area (Å²) >= 11 is 1.87. The molecule has 3 aromatic heterocycles. The molecular weight excluding hydrogens is 687 g/mol. The van der Waals surface area contributed by atoms with Gasteiger partial charge in [-0.3, -0.25) is 0 Å². The van der Waals surface area contributed by atoms with Gasteiger partial charge in [0.25, 0.3) is 0 Å². The molecule has 0 aliphatic rings. The summed E-state index contributed by atoms with van der Waals surface area (Å²) in [5.41, 5.74) is 11.6. The summed E-state index contributed by atoms with van der Waals surface area (Å²) in [6, 6.07) is 66.6. The molecule has 0 N–H and O–H groups in total. The molecule has 256 valence electrons. The number of hydrogen-bond donors (Lipinski definition) is 0. The van der Waals surface area contributed by atoms with E-state index >= 15 is 0 Å². The van der Waals surface area contributed by atoms with Crippen molar-refractivity contribution in [3.8, 4) is 56.2 Å². The fraction of sp³-hybridized carbons (Fsp3) is 0. The van der Waals surface area contributed by atoms with Crippen LogP contribution < -0.4 is 0 Å². The molecule has 0 aliphatic carbocycles. The van der Waals surface area contributed by atoms with Gasteiger partial charge in [-0.15, -0.1) is 11.3 Å². The molecule has 0 aliphatic heterocycles. The van der Waals surface area contributed by atoms with Gasteiger partial charge in [0, 0.05) is 58.4 Å². The van der Waals surface area contributed by atoms with E-state index in [9.17, 15) is 0 Å². The minimum Gasteiger partial charge on any atom is -0.247 e. The van der Waals surface area contributed by atoms with Crippen molar-refractivity contribution >= 4 is 64.1 Å². The Morgan fingerprint density at radius 1 is 0.309 bits per heavy atom. The van der Waals surface area contributed by atoms with Gasteiger partial charge in [-0.1, -0.05) is 158 Å². The van der Waals surface area contributed by atoms with Crippen LogP contribution in [0.3, 0.4) is 0 Å². The maximum absolute atomic E-state index is 5.29. The molecular formula is C51H31N3S. The molecule has 0 bridgehead atoms. The van der Waals surface area contributed by atoms with Gasteiger partial charge in [0.05, 0.1) is 22.4 Å². The van der Waals surface area contributed by atoms with Crippen molar-refractivity contribution < 1.29 is 0 Å². The Hall–Kier alpha value is -7.01. The summed E-state index contributed by atoms with van der Waals surface area (Å²) in [6.45, 7) is 0. The number of benzene rings is 8. The van der Waals surface area contributed by atoms with Crippen LogP contribution in [0.4, 0.5) is 0 Å². The number of fused-ring (bicyclic) bond motifs is 8. The molecule has 4 heteroatoms. The maximum Gasteiger partial charge on any atom is 0.160 e. The van der Waals surface area contributed by atoms with Crippen molar-refractivity contribution in [2.75, 3.05) is 0 Å². The van der Waals surface area contributed by atoms with Crippen molar-refractivity contribution in [1.29, 1.82) is 0 Å². The molecule has 3 heterocycles. The maximum atomic E-state index is 5.29. The number of nitrogens with zero attached hydrogens (tertiary/aromatic N) is 3. The van der Waals surface area contributed by atoms with Crippen molar-refractivity contribution in [2.45, 2.75) is 0 Å². The van der Waals surface area contributed by atoms with Crippen LogP contribution in [0.5, 0.6) is 0 Å².